The molecule has 0 aromatic carbocycles. The van der Waals surface area contributed by atoms with E-state index in [1.54, 1.807) is 0 Å². The van der Waals surface area contributed by atoms with Crippen molar-refractivity contribution in [3.63, 3.8) is 0 Å². The van der Waals surface area contributed by atoms with E-state index in [-0.39, 0.29) is 25.2 Å². The van der Waals surface area contributed by atoms with Crippen LogP contribution in [0.25, 0.3) is 0 Å². The lowest BCUT2D eigenvalue weighted by Gasteiger charge is -2.15. The van der Waals surface area contributed by atoms with E-state index in [1.807, 2.05) is 0 Å². The molecule has 0 saturated carbocycles. The van der Waals surface area contributed by atoms with Crippen molar-refractivity contribution in [2.75, 3.05) is 13.2 Å². The van der Waals surface area contributed by atoms with Crippen LogP contribution in [0.3, 0.4) is 0 Å². The fourth-order valence-corrected chi connectivity index (χ4v) is 7.92. The maximum atomic E-state index is 12.3. The largest absolute Gasteiger partial charge is 0.462 e. The molecule has 0 radical (unpaired) electrons. The van der Waals surface area contributed by atoms with Crippen LogP contribution in [0.2, 0.25) is 0 Å². The van der Waals surface area contributed by atoms with Gasteiger partial charge in [-0.15, -0.1) is 0 Å². The molecule has 1 N–H and O–H groups in total. The zero-order chi connectivity index (χ0) is 57.6. The highest BCUT2D eigenvalue weighted by molar-refractivity contribution is 5.70. The van der Waals surface area contributed by atoms with Crippen molar-refractivity contribution >= 4 is 11.9 Å². The normalized spacial score (nSPS) is 13.7. The number of carbonyl (C=O) groups excluding carboxylic acids is 2. The minimum absolute atomic E-state index is 0.0931. The molecule has 1 atom stereocenters. The van der Waals surface area contributed by atoms with Crippen LogP contribution in [0, 0.1) is 0 Å². The van der Waals surface area contributed by atoms with Crippen LogP contribution in [-0.4, -0.2) is 36.4 Å². The summed E-state index contributed by atoms with van der Waals surface area (Å²) in [6.45, 7) is 3.87. The molecule has 0 fully saturated rings. The van der Waals surface area contributed by atoms with E-state index in [0.29, 0.717) is 12.8 Å². The van der Waals surface area contributed by atoms with Gasteiger partial charge in [0.25, 0.3) is 0 Å². The van der Waals surface area contributed by atoms with E-state index < -0.39 is 6.10 Å². The summed E-state index contributed by atoms with van der Waals surface area (Å²) < 4.78 is 10.7. The van der Waals surface area contributed by atoms with Gasteiger partial charge in [-0.3, -0.25) is 9.59 Å². The Bertz CT molecular complexity index is 1910. The van der Waals surface area contributed by atoms with Crippen molar-refractivity contribution in [1.29, 1.82) is 0 Å². The smallest absolute Gasteiger partial charge is 0.306 e. The van der Waals surface area contributed by atoms with Crippen molar-refractivity contribution in [2.45, 2.75) is 238 Å². The molecule has 0 heterocycles. The van der Waals surface area contributed by atoms with Crippen molar-refractivity contribution in [3.8, 4) is 0 Å². The molecule has 5 nitrogen and oxygen atoms in total. The second-order valence-corrected chi connectivity index (χ2v) is 20.0. The molecule has 80 heavy (non-hydrogen) atoms. The highest BCUT2D eigenvalue weighted by atomic mass is 16.6. The first-order valence-corrected chi connectivity index (χ1v) is 31.6. The number of aliphatic hydroxyl groups excluding tert-OH is 1. The van der Waals surface area contributed by atoms with Gasteiger partial charge in [-0.25, -0.2) is 0 Å². The average molecular weight is 1100 g/mol. The third kappa shape index (κ3) is 65.0. The number of rotatable bonds is 55. The van der Waals surface area contributed by atoms with Crippen LogP contribution < -0.4 is 0 Å². The lowest BCUT2D eigenvalue weighted by Crippen LogP contribution is -2.28. The van der Waals surface area contributed by atoms with E-state index >= 15 is 0 Å². The van der Waals surface area contributed by atoms with Gasteiger partial charge in [0.05, 0.1) is 6.61 Å². The highest BCUT2D eigenvalue weighted by Crippen LogP contribution is 2.13. The number of aliphatic hydroxyl groups is 1. The summed E-state index contributed by atoms with van der Waals surface area (Å²) in [4.78, 5) is 24.6. The van der Waals surface area contributed by atoms with Gasteiger partial charge in [0, 0.05) is 12.8 Å². The van der Waals surface area contributed by atoms with E-state index in [9.17, 15) is 14.7 Å². The number of allylic oxidation sites excluding steroid dienone is 34. The molecule has 0 aromatic heterocycles. The fourth-order valence-electron chi connectivity index (χ4n) is 7.92. The van der Waals surface area contributed by atoms with Gasteiger partial charge in [0.15, 0.2) is 6.10 Å². The maximum absolute atomic E-state index is 12.3. The second-order valence-electron chi connectivity index (χ2n) is 20.0. The quantitative estimate of drug-likeness (QED) is 0.0373. The Morgan fingerprint density at radius 1 is 0.287 bits per heavy atom. The third-order valence-electron chi connectivity index (χ3n) is 12.6. The van der Waals surface area contributed by atoms with Gasteiger partial charge >= 0.3 is 11.9 Å². The molecule has 444 valence electrons. The molecule has 0 aliphatic rings. The van der Waals surface area contributed by atoms with Crippen LogP contribution in [0.1, 0.15) is 232 Å². The number of hydrogen-bond acceptors (Lipinski definition) is 5. The Kier molecular flexibility index (Phi) is 63.1. The zero-order valence-electron chi connectivity index (χ0n) is 50.7. The molecule has 0 aromatic rings. The molecule has 0 bridgehead atoms. The Labute approximate surface area is 491 Å². The summed E-state index contributed by atoms with van der Waals surface area (Å²) in [5, 5.41) is 9.68. The Morgan fingerprint density at radius 2 is 0.500 bits per heavy atom. The topological polar surface area (TPSA) is 72.8 Å². The standard InChI is InChI=1S/C75H114O5/c1-3-5-7-9-11-13-15-17-19-21-23-25-27-29-31-33-35-37-39-41-43-45-47-49-51-53-55-57-59-61-63-65-67-69-74(77)79-72-73(71-76)80-75(78)70-68-66-64-62-60-58-56-54-52-50-48-46-44-42-40-38-36-34-32-30-28-26-24-22-20-18-16-14-12-10-8-6-4-2/h5-8,11-14,17-20,23-26,29-32,35-38,41-44,47-50,54,56,73,76H,3-4,9-10,15-16,21-22,27-28,33-34,39-40,45-46,51-53,55,57-72H2,1-2H3/b7-5-,8-6-,13-11-,14-12-,19-17-,20-18-,25-23-,26-24-,31-29-,32-30-,37-35-,38-36-,43-41-,44-42-,49-47-,50-48-,56-54-. The molecule has 1 unspecified atom stereocenters. The Balaban J connectivity index is 3.66. The summed E-state index contributed by atoms with van der Waals surface area (Å²) >= 11 is 0. The number of carbonyl (C=O) groups is 2. The van der Waals surface area contributed by atoms with Crippen molar-refractivity contribution in [3.05, 3.63) is 207 Å². The first-order chi connectivity index (χ1) is 39.6. The van der Waals surface area contributed by atoms with Crippen molar-refractivity contribution < 1.29 is 24.2 Å². The van der Waals surface area contributed by atoms with Gasteiger partial charge in [0.1, 0.15) is 6.61 Å². The van der Waals surface area contributed by atoms with E-state index in [2.05, 4.69) is 220 Å². The number of ether oxygens (including phenoxy) is 2. The summed E-state index contributed by atoms with van der Waals surface area (Å²) in [5.74, 6) is -0.639. The first kappa shape index (κ1) is 74.5. The van der Waals surface area contributed by atoms with Gasteiger partial charge in [0.2, 0.25) is 0 Å². The van der Waals surface area contributed by atoms with E-state index in [4.69, 9.17) is 9.47 Å². The predicted molar refractivity (Wildman–Crippen MR) is 352 cm³/mol. The lowest BCUT2D eigenvalue weighted by molar-refractivity contribution is -0.161. The van der Waals surface area contributed by atoms with E-state index in [1.165, 1.54) is 32.1 Å². The van der Waals surface area contributed by atoms with E-state index in [0.717, 1.165) is 173 Å². The number of unbranched alkanes of at least 4 members (excludes halogenated alkanes) is 13. The SMILES string of the molecule is CC/C=C\C/C=C\C/C=C\C/C=C\C/C=C\C/C=C\C/C=C\C/C=C\C/C=C\CCCCCCCC(=O)OC(CO)COC(=O)CCCCCCCCCC/C=C\C/C=C\C/C=C\C/C=C\C/C=C\C/C=C\C/C=C\C/C=C\CC. The molecule has 0 aliphatic heterocycles. The minimum Gasteiger partial charge on any atom is -0.462 e. The average Bonchev–Trinajstić information content (AvgIpc) is 3.46. The summed E-state index contributed by atoms with van der Waals surface area (Å²) in [6, 6.07) is 0. The van der Waals surface area contributed by atoms with Crippen LogP contribution in [-0.2, 0) is 19.1 Å². The molecule has 0 saturated heterocycles. The molecule has 0 spiro atoms. The van der Waals surface area contributed by atoms with Crippen LogP contribution >= 0.6 is 0 Å². The van der Waals surface area contributed by atoms with Gasteiger partial charge in [-0.2, -0.15) is 0 Å². The lowest BCUT2D eigenvalue weighted by atomic mass is 10.1. The molecular weight excluding hydrogens is 981 g/mol. The summed E-state index contributed by atoms with van der Waals surface area (Å²) in [5.41, 5.74) is 0. The molecule has 5 heteroatoms. The van der Waals surface area contributed by atoms with Gasteiger partial charge < -0.3 is 14.6 Å². The number of hydrogen-bond donors (Lipinski definition) is 1. The predicted octanol–water partition coefficient (Wildman–Crippen LogP) is 22.2. The fraction of sp³-hybridized carbons (Fsp3) is 0.520. The van der Waals surface area contributed by atoms with Gasteiger partial charge in [-0.1, -0.05) is 278 Å². The summed E-state index contributed by atoms with van der Waals surface area (Å²) in [6.07, 6.45) is 109. The number of esters is 2. The highest BCUT2D eigenvalue weighted by Gasteiger charge is 2.16. The Hall–Kier alpha value is -5.52. The van der Waals surface area contributed by atoms with Crippen LogP contribution in [0.4, 0.5) is 0 Å². The van der Waals surface area contributed by atoms with Gasteiger partial charge in [-0.05, 0) is 148 Å². The monoisotopic (exact) mass is 1090 g/mol. The van der Waals surface area contributed by atoms with Crippen LogP contribution in [0.15, 0.2) is 207 Å². The maximum Gasteiger partial charge on any atom is 0.306 e. The minimum atomic E-state index is -0.805. The third-order valence-corrected chi connectivity index (χ3v) is 12.6. The van der Waals surface area contributed by atoms with Crippen molar-refractivity contribution in [2.24, 2.45) is 0 Å². The van der Waals surface area contributed by atoms with Crippen molar-refractivity contribution in [1.82, 2.24) is 0 Å². The summed E-state index contributed by atoms with van der Waals surface area (Å²) in [7, 11) is 0. The molecular formula is C75H114O5. The molecule has 0 aliphatic carbocycles. The second kappa shape index (κ2) is 67.8. The molecule has 0 rings (SSSR count). The van der Waals surface area contributed by atoms with Crippen LogP contribution in [0.5, 0.6) is 0 Å². The zero-order valence-corrected chi connectivity index (χ0v) is 50.7. The Morgan fingerprint density at radius 3 is 0.750 bits per heavy atom. The molecule has 0 amide bonds. The first-order valence-electron chi connectivity index (χ1n) is 31.6.